The van der Waals surface area contributed by atoms with Crippen LogP contribution in [0.5, 0.6) is 0 Å². The van der Waals surface area contributed by atoms with Gasteiger partial charge in [-0.2, -0.15) is 0 Å². The molecule has 2 aromatic rings. The summed E-state index contributed by atoms with van der Waals surface area (Å²) < 4.78 is 4.79. The van der Waals surface area contributed by atoms with E-state index in [1.807, 2.05) is 25.1 Å². The lowest BCUT2D eigenvalue weighted by Crippen LogP contribution is -2.09. The quantitative estimate of drug-likeness (QED) is 0.798. The van der Waals surface area contributed by atoms with Gasteiger partial charge < -0.3 is 9.64 Å². The Labute approximate surface area is 110 Å². The van der Waals surface area contributed by atoms with Crippen LogP contribution >= 0.6 is 11.3 Å². The number of carbonyl (C=O) groups excluding carboxylic acids is 1. The molecule has 0 unspecified atom stereocenters. The number of thiophene rings is 1. The minimum absolute atomic E-state index is 0.349. The normalized spacial score (nSPS) is 10.4. The average Bonchev–Trinajstić information content (AvgIpc) is 2.75. The van der Waals surface area contributed by atoms with Gasteiger partial charge in [-0.15, -0.1) is 11.3 Å². The van der Waals surface area contributed by atoms with E-state index in [9.17, 15) is 4.79 Å². The molecule has 18 heavy (non-hydrogen) atoms. The molecule has 0 fully saturated rings. The van der Waals surface area contributed by atoms with Crippen molar-refractivity contribution in [3.63, 3.8) is 0 Å². The van der Waals surface area contributed by atoms with Crippen LogP contribution in [0.1, 0.15) is 15.2 Å². The fourth-order valence-corrected chi connectivity index (χ4v) is 2.93. The third-order valence-electron chi connectivity index (χ3n) is 2.66. The summed E-state index contributed by atoms with van der Waals surface area (Å²) in [4.78, 5) is 19.4. The van der Waals surface area contributed by atoms with Crippen molar-refractivity contribution in [2.24, 2.45) is 0 Å². The van der Waals surface area contributed by atoms with Crippen LogP contribution in [0, 0.1) is 0 Å². The van der Waals surface area contributed by atoms with E-state index in [1.54, 1.807) is 12.3 Å². The Kier molecular flexibility index (Phi) is 3.34. The zero-order valence-electron chi connectivity index (χ0n) is 10.6. The summed E-state index contributed by atoms with van der Waals surface area (Å²) >= 11 is 1.33. The molecule has 0 aliphatic rings. The Morgan fingerprint density at radius 2 is 2.28 bits per heavy atom. The highest BCUT2D eigenvalue weighted by atomic mass is 32.1. The molecule has 0 spiro atoms. The first-order chi connectivity index (χ1) is 8.60. The van der Waals surface area contributed by atoms with Crippen LogP contribution in [0.25, 0.3) is 16.3 Å². The maximum absolute atomic E-state index is 11.7. The number of aromatic nitrogens is 1. The fourth-order valence-electron chi connectivity index (χ4n) is 1.84. The van der Waals surface area contributed by atoms with Gasteiger partial charge in [0.05, 0.1) is 7.11 Å². The van der Waals surface area contributed by atoms with Crippen molar-refractivity contribution in [1.82, 2.24) is 4.98 Å². The molecular weight excluding hydrogens is 248 g/mol. The van der Waals surface area contributed by atoms with Crippen molar-refractivity contribution in [3.8, 4) is 0 Å². The smallest absolute Gasteiger partial charge is 0.348 e. The van der Waals surface area contributed by atoms with Crippen molar-refractivity contribution in [2.45, 2.75) is 0 Å². The van der Waals surface area contributed by atoms with E-state index in [0.29, 0.717) is 4.88 Å². The summed E-state index contributed by atoms with van der Waals surface area (Å²) in [6.45, 7) is 3.78. The molecule has 0 aliphatic carbocycles. The van der Waals surface area contributed by atoms with E-state index in [0.717, 1.165) is 21.5 Å². The molecule has 0 aliphatic heterocycles. The lowest BCUT2D eigenvalue weighted by molar-refractivity contribution is 0.0606. The number of rotatable bonds is 3. The third kappa shape index (κ3) is 1.86. The molecule has 0 bridgehead atoms. The van der Waals surface area contributed by atoms with Crippen molar-refractivity contribution in [1.29, 1.82) is 0 Å². The van der Waals surface area contributed by atoms with Gasteiger partial charge in [0, 0.05) is 36.9 Å². The summed E-state index contributed by atoms with van der Waals surface area (Å²) in [7, 11) is 5.29. The number of carbonyl (C=O) groups is 1. The first-order valence-corrected chi connectivity index (χ1v) is 6.21. The van der Waals surface area contributed by atoms with Crippen LogP contribution in [0.4, 0.5) is 5.69 Å². The Balaban J connectivity index is 2.82. The van der Waals surface area contributed by atoms with E-state index in [-0.39, 0.29) is 5.97 Å². The second-order valence-electron chi connectivity index (χ2n) is 3.95. The van der Waals surface area contributed by atoms with Gasteiger partial charge in [0.25, 0.3) is 0 Å². The van der Waals surface area contributed by atoms with Gasteiger partial charge in [0.15, 0.2) is 0 Å². The van der Waals surface area contributed by atoms with Gasteiger partial charge in [-0.25, -0.2) is 9.78 Å². The minimum Gasteiger partial charge on any atom is -0.465 e. The van der Waals surface area contributed by atoms with Crippen LogP contribution in [0.3, 0.4) is 0 Å². The van der Waals surface area contributed by atoms with Crippen molar-refractivity contribution < 1.29 is 9.53 Å². The second kappa shape index (κ2) is 4.78. The molecule has 0 atom stereocenters. The van der Waals surface area contributed by atoms with Gasteiger partial charge >= 0.3 is 5.97 Å². The van der Waals surface area contributed by atoms with Gasteiger partial charge in [0.1, 0.15) is 9.71 Å². The highest BCUT2D eigenvalue weighted by Gasteiger charge is 2.20. The maximum atomic E-state index is 11.7. The van der Waals surface area contributed by atoms with Crippen LogP contribution in [-0.4, -0.2) is 32.2 Å². The summed E-state index contributed by atoms with van der Waals surface area (Å²) in [6.07, 6.45) is 3.42. The zero-order chi connectivity index (χ0) is 13.3. The van der Waals surface area contributed by atoms with Gasteiger partial charge in [-0.1, -0.05) is 12.7 Å². The highest BCUT2D eigenvalue weighted by Crippen LogP contribution is 2.36. The first-order valence-electron chi connectivity index (χ1n) is 5.39. The van der Waals surface area contributed by atoms with Crippen molar-refractivity contribution in [2.75, 3.05) is 26.1 Å². The van der Waals surface area contributed by atoms with E-state index in [2.05, 4.69) is 11.6 Å². The lowest BCUT2D eigenvalue weighted by atomic mass is 10.1. The van der Waals surface area contributed by atoms with E-state index in [1.165, 1.54) is 18.4 Å². The number of methoxy groups -OCH3 is 1. The third-order valence-corrected chi connectivity index (χ3v) is 3.76. The minimum atomic E-state index is -0.349. The molecule has 5 heteroatoms. The average molecular weight is 262 g/mol. The molecule has 94 valence electrons. The lowest BCUT2D eigenvalue weighted by Gasteiger charge is -2.13. The summed E-state index contributed by atoms with van der Waals surface area (Å²) in [5.41, 5.74) is 1.81. The molecule has 0 aromatic carbocycles. The molecule has 2 aromatic heterocycles. The number of hydrogen-bond donors (Lipinski definition) is 0. The van der Waals surface area contributed by atoms with Crippen molar-refractivity contribution >= 4 is 39.3 Å². The van der Waals surface area contributed by atoms with Gasteiger partial charge in [-0.05, 0) is 6.07 Å². The molecule has 0 N–H and O–H groups in total. The summed E-state index contributed by atoms with van der Waals surface area (Å²) in [5.74, 6) is -0.349. The zero-order valence-corrected chi connectivity index (χ0v) is 11.4. The standard InChI is InChI=1S/C13H14N2O2S/c1-5-8-10-9(15(2)3)6-7-14-12(10)18-11(8)13(16)17-4/h5-7H,1H2,2-4H3. The van der Waals surface area contributed by atoms with Gasteiger partial charge in [-0.3, -0.25) is 0 Å². The van der Waals surface area contributed by atoms with Crippen molar-refractivity contribution in [3.05, 3.63) is 29.3 Å². The van der Waals surface area contributed by atoms with E-state index >= 15 is 0 Å². The molecule has 2 heterocycles. The predicted molar refractivity (Wildman–Crippen MR) is 75.4 cm³/mol. The Hall–Kier alpha value is -1.88. The summed E-state index contributed by atoms with van der Waals surface area (Å²) in [6, 6.07) is 1.92. The number of pyridine rings is 1. The number of anilines is 1. The number of hydrogen-bond acceptors (Lipinski definition) is 5. The highest BCUT2D eigenvalue weighted by molar-refractivity contribution is 7.20. The molecule has 0 amide bonds. The van der Waals surface area contributed by atoms with Crippen LogP contribution < -0.4 is 4.90 Å². The number of esters is 1. The number of ether oxygens (including phenoxy) is 1. The van der Waals surface area contributed by atoms with Crippen LogP contribution in [0.2, 0.25) is 0 Å². The molecule has 0 radical (unpaired) electrons. The topological polar surface area (TPSA) is 42.4 Å². The number of fused-ring (bicyclic) bond motifs is 1. The second-order valence-corrected chi connectivity index (χ2v) is 4.94. The Morgan fingerprint density at radius 3 is 2.83 bits per heavy atom. The van der Waals surface area contributed by atoms with Crippen LogP contribution in [-0.2, 0) is 4.74 Å². The van der Waals surface area contributed by atoms with E-state index < -0.39 is 0 Å². The molecule has 0 saturated carbocycles. The molecular formula is C13H14N2O2S. The summed E-state index contributed by atoms with van der Waals surface area (Å²) in [5, 5.41) is 0.947. The Bertz CT molecular complexity index is 617. The molecule has 0 saturated heterocycles. The fraction of sp³-hybridized carbons (Fsp3) is 0.231. The first kappa shape index (κ1) is 12.6. The van der Waals surface area contributed by atoms with Crippen LogP contribution in [0.15, 0.2) is 18.8 Å². The SMILES string of the molecule is C=Cc1c(C(=O)OC)sc2nccc(N(C)C)c12. The Morgan fingerprint density at radius 1 is 1.56 bits per heavy atom. The largest absolute Gasteiger partial charge is 0.465 e. The maximum Gasteiger partial charge on any atom is 0.348 e. The number of nitrogens with zero attached hydrogens (tertiary/aromatic N) is 2. The monoisotopic (exact) mass is 262 g/mol. The van der Waals surface area contributed by atoms with E-state index in [4.69, 9.17) is 4.74 Å². The van der Waals surface area contributed by atoms with Gasteiger partial charge in [0.2, 0.25) is 0 Å². The predicted octanol–water partition coefficient (Wildman–Crippen LogP) is 2.79. The molecule has 2 rings (SSSR count). The molecule has 4 nitrogen and oxygen atoms in total.